The lowest BCUT2D eigenvalue weighted by Gasteiger charge is -2.32. The highest BCUT2D eigenvalue weighted by molar-refractivity contribution is 6.62. The fraction of sp³-hybridized carbons (Fsp3) is 0.188. The predicted octanol–water partition coefficient (Wildman–Crippen LogP) is 6.69. The van der Waals surface area contributed by atoms with Crippen LogP contribution in [-0.4, -0.2) is 32.9 Å². The second-order valence-corrected chi connectivity index (χ2v) is 11.0. The molecule has 0 saturated carbocycles. The van der Waals surface area contributed by atoms with Crippen molar-refractivity contribution >= 4 is 45.3 Å². The lowest BCUT2D eigenvalue weighted by Crippen LogP contribution is -2.41. The topological polar surface area (TPSA) is 49.2 Å². The minimum absolute atomic E-state index is 0.411. The monoisotopic (exact) mass is 497 g/mol. The Hall–Kier alpha value is -4.00. The number of para-hydroxylation sites is 2. The highest BCUT2D eigenvalue weighted by Gasteiger charge is 2.51. The van der Waals surface area contributed by atoms with Crippen molar-refractivity contribution in [1.29, 1.82) is 0 Å². The summed E-state index contributed by atoms with van der Waals surface area (Å²) in [5.74, 6) is 0.639. The van der Waals surface area contributed by atoms with Gasteiger partial charge in [0.2, 0.25) is 5.95 Å². The smallest absolute Gasteiger partial charge is 0.399 e. The molecule has 1 fully saturated rings. The number of aromatic nitrogens is 3. The molecule has 7 rings (SSSR count). The summed E-state index contributed by atoms with van der Waals surface area (Å²) in [6.45, 7) is 8.32. The Labute approximate surface area is 222 Å². The van der Waals surface area contributed by atoms with Crippen LogP contribution in [0.5, 0.6) is 0 Å². The molecular weight excluding hydrogens is 469 g/mol. The Balaban J connectivity index is 1.50. The van der Waals surface area contributed by atoms with Crippen LogP contribution >= 0.6 is 0 Å². The lowest BCUT2D eigenvalue weighted by molar-refractivity contribution is 0.00578. The fourth-order valence-electron chi connectivity index (χ4n) is 5.31. The first-order valence-corrected chi connectivity index (χ1v) is 13.0. The maximum atomic E-state index is 6.39. The van der Waals surface area contributed by atoms with Gasteiger partial charge in [0.25, 0.3) is 0 Å². The first-order chi connectivity index (χ1) is 18.3. The molecule has 0 N–H and O–H groups in total. The summed E-state index contributed by atoms with van der Waals surface area (Å²) in [5, 5.41) is 3.32. The van der Waals surface area contributed by atoms with Gasteiger partial charge in [0.15, 0.2) is 0 Å². The van der Waals surface area contributed by atoms with E-state index in [0.717, 1.165) is 49.4 Å². The van der Waals surface area contributed by atoms with Crippen LogP contribution in [0.15, 0.2) is 97.1 Å². The summed E-state index contributed by atoms with van der Waals surface area (Å²) in [6, 6.07) is 33.4. The zero-order valence-corrected chi connectivity index (χ0v) is 22.0. The van der Waals surface area contributed by atoms with Crippen molar-refractivity contribution in [1.82, 2.24) is 14.5 Å². The van der Waals surface area contributed by atoms with E-state index in [-0.39, 0.29) is 0 Å². The first-order valence-electron chi connectivity index (χ1n) is 13.0. The molecule has 6 heteroatoms. The van der Waals surface area contributed by atoms with Crippen molar-refractivity contribution in [2.75, 3.05) is 0 Å². The third-order valence-corrected chi connectivity index (χ3v) is 8.06. The Morgan fingerprint density at radius 1 is 0.632 bits per heavy atom. The molecule has 3 heterocycles. The lowest BCUT2D eigenvalue weighted by atomic mass is 9.79. The molecular formula is C32H28BN3O2. The number of hydrogen-bond donors (Lipinski definition) is 0. The van der Waals surface area contributed by atoms with E-state index in [1.165, 1.54) is 0 Å². The molecule has 0 spiro atoms. The minimum Gasteiger partial charge on any atom is -0.399 e. The molecule has 0 radical (unpaired) electrons. The molecule has 0 aliphatic carbocycles. The SMILES string of the molecule is CC1(C)OB(c2ccc3c4ccccc4n(-c4nc(-c5ccccc5)c5ccccc5n4)c3c2)OC1(C)C. The van der Waals surface area contributed by atoms with Crippen LogP contribution in [0.2, 0.25) is 0 Å². The normalized spacial score (nSPS) is 16.6. The van der Waals surface area contributed by atoms with Gasteiger partial charge in [-0.15, -0.1) is 0 Å². The van der Waals surface area contributed by atoms with Crippen LogP contribution in [0.3, 0.4) is 0 Å². The van der Waals surface area contributed by atoms with Crippen LogP contribution in [0.4, 0.5) is 0 Å². The largest absolute Gasteiger partial charge is 0.494 e. The van der Waals surface area contributed by atoms with Crippen molar-refractivity contribution in [2.45, 2.75) is 38.9 Å². The number of benzene rings is 4. The summed E-state index contributed by atoms with van der Waals surface area (Å²) in [4.78, 5) is 10.2. The quantitative estimate of drug-likeness (QED) is 0.256. The first kappa shape index (κ1) is 23.1. The molecule has 1 aliphatic heterocycles. The third kappa shape index (κ3) is 3.48. The van der Waals surface area contributed by atoms with E-state index in [9.17, 15) is 0 Å². The Morgan fingerprint density at radius 2 is 1.26 bits per heavy atom. The van der Waals surface area contributed by atoms with Crippen molar-refractivity contribution in [3.05, 3.63) is 97.1 Å². The average Bonchev–Trinajstić information content (AvgIpc) is 3.37. The fourth-order valence-corrected chi connectivity index (χ4v) is 5.31. The predicted molar refractivity (Wildman–Crippen MR) is 155 cm³/mol. The summed E-state index contributed by atoms with van der Waals surface area (Å²) in [7, 11) is -0.451. The zero-order chi connectivity index (χ0) is 26.1. The zero-order valence-electron chi connectivity index (χ0n) is 22.0. The molecule has 1 saturated heterocycles. The van der Waals surface area contributed by atoms with Gasteiger partial charge < -0.3 is 9.31 Å². The second-order valence-electron chi connectivity index (χ2n) is 11.0. The van der Waals surface area contributed by atoms with Crippen LogP contribution in [0, 0.1) is 0 Å². The van der Waals surface area contributed by atoms with E-state index in [1.807, 2.05) is 30.3 Å². The van der Waals surface area contributed by atoms with Gasteiger partial charge >= 0.3 is 7.12 Å². The van der Waals surface area contributed by atoms with E-state index in [1.54, 1.807) is 0 Å². The molecule has 38 heavy (non-hydrogen) atoms. The van der Waals surface area contributed by atoms with Gasteiger partial charge in [-0.25, -0.2) is 9.97 Å². The van der Waals surface area contributed by atoms with E-state index in [4.69, 9.17) is 19.3 Å². The van der Waals surface area contributed by atoms with Crippen molar-refractivity contribution in [3.63, 3.8) is 0 Å². The summed E-state index contributed by atoms with van der Waals surface area (Å²) in [6.07, 6.45) is 0. The number of nitrogens with zero attached hydrogens (tertiary/aromatic N) is 3. The molecule has 2 aromatic heterocycles. The van der Waals surface area contributed by atoms with Crippen LogP contribution < -0.4 is 5.46 Å². The van der Waals surface area contributed by atoms with Gasteiger partial charge in [-0.3, -0.25) is 4.57 Å². The third-order valence-electron chi connectivity index (χ3n) is 8.06. The number of hydrogen-bond acceptors (Lipinski definition) is 4. The van der Waals surface area contributed by atoms with Gasteiger partial charge in [0.05, 0.1) is 33.4 Å². The molecule has 186 valence electrons. The van der Waals surface area contributed by atoms with Gasteiger partial charge in [0.1, 0.15) is 0 Å². The summed E-state index contributed by atoms with van der Waals surface area (Å²) < 4.78 is 14.9. The Bertz CT molecular complexity index is 1830. The number of fused-ring (bicyclic) bond motifs is 4. The van der Waals surface area contributed by atoms with Gasteiger partial charge in [-0.05, 0) is 51.4 Å². The molecule has 6 aromatic rings. The van der Waals surface area contributed by atoms with Crippen LogP contribution in [0.25, 0.3) is 49.9 Å². The molecule has 0 atom stereocenters. The van der Waals surface area contributed by atoms with E-state index >= 15 is 0 Å². The standard InChI is InChI=1S/C32H28BN3O2/c1-31(2)32(3,4)38-33(37-31)22-18-19-24-23-14-9-11-17-27(23)36(28(24)20-22)30-34-26-16-10-8-15-25(26)29(35-30)21-12-6-5-7-13-21/h5-20H,1-4H3. The molecule has 5 nitrogen and oxygen atoms in total. The molecule has 0 amide bonds. The highest BCUT2D eigenvalue weighted by Crippen LogP contribution is 2.38. The van der Waals surface area contributed by atoms with E-state index in [2.05, 4.69) is 99.0 Å². The Morgan fingerprint density at radius 3 is 2.03 bits per heavy atom. The van der Waals surface area contributed by atoms with Crippen molar-refractivity contribution in [3.8, 4) is 17.2 Å². The number of rotatable bonds is 3. The highest BCUT2D eigenvalue weighted by atomic mass is 16.7. The van der Waals surface area contributed by atoms with Gasteiger partial charge in [0, 0.05) is 21.7 Å². The summed E-state index contributed by atoms with van der Waals surface area (Å²) in [5.41, 5.74) is 5.12. The average molecular weight is 497 g/mol. The minimum atomic E-state index is -0.451. The van der Waals surface area contributed by atoms with Gasteiger partial charge in [-0.2, -0.15) is 0 Å². The van der Waals surface area contributed by atoms with E-state index < -0.39 is 18.3 Å². The summed E-state index contributed by atoms with van der Waals surface area (Å²) >= 11 is 0. The molecule has 1 aliphatic rings. The van der Waals surface area contributed by atoms with Crippen molar-refractivity contribution < 1.29 is 9.31 Å². The van der Waals surface area contributed by atoms with Gasteiger partial charge in [-0.1, -0.05) is 78.9 Å². The van der Waals surface area contributed by atoms with Crippen LogP contribution in [0.1, 0.15) is 27.7 Å². The maximum absolute atomic E-state index is 6.39. The van der Waals surface area contributed by atoms with Crippen LogP contribution in [-0.2, 0) is 9.31 Å². The molecule has 0 bridgehead atoms. The second kappa shape index (κ2) is 8.25. The van der Waals surface area contributed by atoms with E-state index in [0.29, 0.717) is 5.95 Å². The van der Waals surface area contributed by atoms with Crippen molar-refractivity contribution in [2.24, 2.45) is 0 Å². The Kier molecular flexibility index (Phi) is 5.03. The maximum Gasteiger partial charge on any atom is 0.494 e. The molecule has 4 aromatic carbocycles. The molecule has 0 unspecified atom stereocenters.